The number of aromatic hydroxyl groups is 1. The predicted molar refractivity (Wildman–Crippen MR) is 68.0 cm³/mol. The maximum Gasteiger partial charge on any atom is 0.216 e. The monoisotopic (exact) mass is 230 g/mol. The number of hydrogen-bond acceptors (Lipinski definition) is 2. The quantitative estimate of drug-likeness (QED) is 0.849. The summed E-state index contributed by atoms with van der Waals surface area (Å²) >= 11 is 0. The SMILES string of the molecule is [2H]c1cc(CCNC(C)=O)c2cc(O)ccc2c1. The molecule has 0 heterocycles. The normalized spacial score (nSPS) is 11.2. The first-order valence-corrected chi connectivity index (χ1v) is 5.53. The molecule has 0 fully saturated rings. The molecule has 3 heteroatoms. The van der Waals surface area contributed by atoms with Crippen molar-refractivity contribution in [3.05, 3.63) is 41.9 Å². The number of phenolic OH excluding ortho intramolecular Hbond substituents is 1. The van der Waals surface area contributed by atoms with Crippen LogP contribution < -0.4 is 5.32 Å². The van der Waals surface area contributed by atoms with E-state index in [4.69, 9.17) is 1.37 Å². The summed E-state index contributed by atoms with van der Waals surface area (Å²) in [6, 6.07) is 9.06. The lowest BCUT2D eigenvalue weighted by Crippen LogP contribution is -2.22. The lowest BCUT2D eigenvalue weighted by molar-refractivity contribution is -0.118. The second-order valence-corrected chi connectivity index (χ2v) is 3.99. The fourth-order valence-corrected chi connectivity index (χ4v) is 1.84. The van der Waals surface area contributed by atoms with Gasteiger partial charge in [0.15, 0.2) is 0 Å². The zero-order chi connectivity index (χ0) is 13.1. The summed E-state index contributed by atoms with van der Waals surface area (Å²) in [6.45, 7) is 2.01. The average molecular weight is 230 g/mol. The van der Waals surface area contributed by atoms with Crippen LogP contribution in [0.15, 0.2) is 36.4 Å². The summed E-state index contributed by atoms with van der Waals surface area (Å²) in [7, 11) is 0. The Hall–Kier alpha value is -2.03. The van der Waals surface area contributed by atoms with Gasteiger partial charge < -0.3 is 10.4 Å². The average Bonchev–Trinajstić information content (AvgIpc) is 2.29. The molecule has 2 rings (SSSR count). The zero-order valence-electron chi connectivity index (χ0n) is 10.7. The van der Waals surface area contributed by atoms with Crippen molar-refractivity contribution >= 4 is 16.7 Å². The van der Waals surface area contributed by atoms with Crippen molar-refractivity contribution < 1.29 is 11.3 Å². The molecule has 0 saturated carbocycles. The van der Waals surface area contributed by atoms with Crippen molar-refractivity contribution in [2.45, 2.75) is 13.3 Å². The standard InChI is InChI=1S/C14H15NO2/c1-10(16)15-8-7-12-4-2-3-11-5-6-13(17)9-14(11)12/h2-6,9,17H,7-8H2,1H3,(H,15,16)/i2D. The summed E-state index contributed by atoms with van der Waals surface area (Å²) in [5.41, 5.74) is 0.960. The molecule has 0 aliphatic rings. The van der Waals surface area contributed by atoms with E-state index >= 15 is 0 Å². The summed E-state index contributed by atoms with van der Waals surface area (Å²) in [5.74, 6) is 0.144. The van der Waals surface area contributed by atoms with Crippen molar-refractivity contribution in [2.24, 2.45) is 0 Å². The Morgan fingerprint density at radius 3 is 3.00 bits per heavy atom. The molecule has 0 aromatic heterocycles. The van der Waals surface area contributed by atoms with E-state index in [-0.39, 0.29) is 11.7 Å². The predicted octanol–water partition coefficient (Wildman–Crippen LogP) is 2.22. The topological polar surface area (TPSA) is 49.3 Å². The van der Waals surface area contributed by atoms with Crippen LogP contribution in [0.25, 0.3) is 10.8 Å². The van der Waals surface area contributed by atoms with E-state index < -0.39 is 0 Å². The Labute approximate surface area is 101 Å². The van der Waals surface area contributed by atoms with E-state index in [1.54, 1.807) is 30.3 Å². The highest BCUT2D eigenvalue weighted by atomic mass is 16.3. The molecule has 0 atom stereocenters. The van der Waals surface area contributed by atoms with Crippen molar-refractivity contribution in [1.82, 2.24) is 5.32 Å². The smallest absolute Gasteiger partial charge is 0.216 e. The first-order chi connectivity index (χ1) is 8.56. The molecule has 0 radical (unpaired) electrons. The van der Waals surface area contributed by atoms with Gasteiger partial charge >= 0.3 is 0 Å². The van der Waals surface area contributed by atoms with Gasteiger partial charge in [0, 0.05) is 13.5 Å². The lowest BCUT2D eigenvalue weighted by Gasteiger charge is -2.07. The van der Waals surface area contributed by atoms with Gasteiger partial charge in [-0.2, -0.15) is 0 Å². The number of rotatable bonds is 3. The van der Waals surface area contributed by atoms with Crippen LogP contribution in [-0.4, -0.2) is 17.6 Å². The van der Waals surface area contributed by atoms with Gasteiger partial charge in [0.25, 0.3) is 0 Å². The van der Waals surface area contributed by atoms with E-state index in [0.717, 1.165) is 16.3 Å². The van der Waals surface area contributed by atoms with Gasteiger partial charge in [-0.05, 0) is 34.9 Å². The highest BCUT2D eigenvalue weighted by Crippen LogP contribution is 2.23. The Morgan fingerprint density at radius 1 is 1.41 bits per heavy atom. The first-order valence-electron chi connectivity index (χ1n) is 6.03. The lowest BCUT2D eigenvalue weighted by atomic mass is 10.0. The minimum absolute atomic E-state index is 0.0656. The van der Waals surface area contributed by atoms with Crippen LogP contribution >= 0.6 is 0 Å². The van der Waals surface area contributed by atoms with Gasteiger partial charge in [0.2, 0.25) is 5.91 Å². The molecular weight excluding hydrogens is 214 g/mol. The molecule has 0 bridgehead atoms. The molecular formula is C14H15NO2. The van der Waals surface area contributed by atoms with Gasteiger partial charge in [0.1, 0.15) is 5.75 Å². The molecule has 17 heavy (non-hydrogen) atoms. The van der Waals surface area contributed by atoms with E-state index in [1.165, 1.54) is 6.92 Å². The Balaban J connectivity index is 2.35. The van der Waals surface area contributed by atoms with E-state index in [1.807, 2.05) is 0 Å². The molecule has 88 valence electrons. The molecule has 0 aliphatic heterocycles. The molecule has 2 aromatic carbocycles. The van der Waals surface area contributed by atoms with Crippen molar-refractivity contribution in [3.63, 3.8) is 0 Å². The van der Waals surface area contributed by atoms with Gasteiger partial charge in [-0.1, -0.05) is 24.2 Å². The Morgan fingerprint density at radius 2 is 2.24 bits per heavy atom. The van der Waals surface area contributed by atoms with Crippen molar-refractivity contribution in [1.29, 1.82) is 0 Å². The number of nitrogens with one attached hydrogen (secondary N) is 1. The van der Waals surface area contributed by atoms with Crippen LogP contribution in [0.2, 0.25) is 0 Å². The maximum absolute atomic E-state index is 10.8. The first kappa shape index (κ1) is 10.1. The number of fused-ring (bicyclic) bond motifs is 1. The van der Waals surface area contributed by atoms with E-state index in [0.29, 0.717) is 19.0 Å². The molecule has 0 unspecified atom stereocenters. The van der Waals surface area contributed by atoms with Crippen molar-refractivity contribution in [3.8, 4) is 5.75 Å². The molecule has 1 amide bonds. The molecule has 2 aromatic rings. The van der Waals surface area contributed by atoms with E-state index in [2.05, 4.69) is 5.32 Å². The third-order valence-electron chi connectivity index (χ3n) is 2.65. The minimum atomic E-state index is -0.0656. The second kappa shape index (κ2) is 4.87. The summed E-state index contributed by atoms with van der Waals surface area (Å²) in [4.78, 5) is 10.8. The number of amides is 1. The van der Waals surface area contributed by atoms with E-state index in [9.17, 15) is 9.90 Å². The zero-order valence-corrected chi connectivity index (χ0v) is 9.66. The number of carbonyl (C=O) groups excluding carboxylic acids is 1. The van der Waals surface area contributed by atoms with Crippen LogP contribution in [0.4, 0.5) is 0 Å². The fourth-order valence-electron chi connectivity index (χ4n) is 1.84. The third kappa shape index (κ3) is 2.75. The highest BCUT2D eigenvalue weighted by Gasteiger charge is 2.02. The van der Waals surface area contributed by atoms with Crippen LogP contribution in [0.1, 0.15) is 13.9 Å². The Kier molecular flexibility index (Phi) is 2.91. The van der Waals surface area contributed by atoms with Gasteiger partial charge in [0.05, 0.1) is 1.37 Å². The fraction of sp³-hybridized carbons (Fsp3) is 0.214. The van der Waals surface area contributed by atoms with Gasteiger partial charge in [-0.3, -0.25) is 4.79 Å². The summed E-state index contributed by atoms with van der Waals surface area (Å²) < 4.78 is 7.74. The Bertz CT molecular complexity index is 596. The van der Waals surface area contributed by atoms with Crippen molar-refractivity contribution in [2.75, 3.05) is 6.54 Å². The summed E-state index contributed by atoms with van der Waals surface area (Å²) in [6.07, 6.45) is 0.645. The number of carbonyl (C=O) groups is 1. The van der Waals surface area contributed by atoms with Gasteiger partial charge in [-0.15, -0.1) is 0 Å². The number of benzene rings is 2. The summed E-state index contributed by atoms with van der Waals surface area (Å²) in [5, 5.41) is 14.1. The maximum atomic E-state index is 10.8. The van der Waals surface area contributed by atoms with Crippen LogP contribution in [-0.2, 0) is 11.2 Å². The minimum Gasteiger partial charge on any atom is -0.508 e. The molecule has 0 saturated heterocycles. The van der Waals surface area contributed by atoms with Crippen LogP contribution in [0.3, 0.4) is 0 Å². The van der Waals surface area contributed by atoms with Gasteiger partial charge in [-0.25, -0.2) is 0 Å². The molecule has 0 aliphatic carbocycles. The number of hydrogen-bond donors (Lipinski definition) is 2. The molecule has 0 spiro atoms. The highest BCUT2D eigenvalue weighted by molar-refractivity contribution is 5.87. The second-order valence-electron chi connectivity index (χ2n) is 3.99. The number of phenols is 1. The molecule has 2 N–H and O–H groups in total. The third-order valence-corrected chi connectivity index (χ3v) is 2.65. The van der Waals surface area contributed by atoms with Crippen LogP contribution in [0, 0.1) is 0 Å². The largest absolute Gasteiger partial charge is 0.508 e. The van der Waals surface area contributed by atoms with Crippen LogP contribution in [0.5, 0.6) is 5.75 Å². The molecule has 3 nitrogen and oxygen atoms in total.